The number of aromatic nitrogens is 1. The Balaban J connectivity index is 2.45. The molecule has 0 aliphatic rings. The van der Waals surface area contributed by atoms with Crippen LogP contribution in [0.5, 0.6) is 0 Å². The highest BCUT2D eigenvalue weighted by Gasteiger charge is 2.21. The Labute approximate surface area is 133 Å². The predicted octanol–water partition coefficient (Wildman–Crippen LogP) is 2.61. The first kappa shape index (κ1) is 16.3. The zero-order valence-corrected chi connectivity index (χ0v) is 13.5. The Hall–Kier alpha value is -2.12. The second kappa shape index (κ2) is 6.33. The number of nitrogens with one attached hydrogen (secondary N) is 2. The van der Waals surface area contributed by atoms with Crippen LogP contribution in [0.25, 0.3) is 0 Å². The molecule has 0 aliphatic carbocycles. The molecule has 116 valence electrons. The van der Waals surface area contributed by atoms with E-state index in [-0.39, 0.29) is 10.7 Å². The van der Waals surface area contributed by atoms with E-state index in [9.17, 15) is 13.2 Å². The molecule has 1 amide bonds. The topological polar surface area (TPSA) is 88.2 Å². The van der Waals surface area contributed by atoms with Gasteiger partial charge < -0.3 is 5.32 Å². The smallest absolute Gasteiger partial charge is 0.267 e. The Bertz CT molecular complexity index is 822. The van der Waals surface area contributed by atoms with Gasteiger partial charge in [0.2, 0.25) is 5.91 Å². The molecular weight excluding hydrogens is 326 g/mol. The van der Waals surface area contributed by atoms with Gasteiger partial charge in [-0.25, -0.2) is 18.1 Å². The van der Waals surface area contributed by atoms with Gasteiger partial charge in [-0.15, -0.1) is 0 Å². The summed E-state index contributed by atoms with van der Waals surface area (Å²) in [5.41, 5.74) is 1.39. The standard InChI is InChI=1S/C14H14ClN3O3S/c1-9-11(15)5-3-6-12(9)17-14-13(7-4-8-16-14)22(20,21)18-10(2)19/h3-8H,1-2H3,(H,16,17)(H,18,19). The number of anilines is 2. The van der Waals surface area contributed by atoms with Crippen molar-refractivity contribution in [1.29, 1.82) is 0 Å². The first-order chi connectivity index (χ1) is 10.3. The first-order valence-corrected chi connectivity index (χ1v) is 8.18. The monoisotopic (exact) mass is 339 g/mol. The molecule has 0 bridgehead atoms. The molecule has 2 rings (SSSR count). The molecule has 0 saturated carbocycles. The molecule has 22 heavy (non-hydrogen) atoms. The summed E-state index contributed by atoms with van der Waals surface area (Å²) in [6, 6.07) is 8.06. The summed E-state index contributed by atoms with van der Waals surface area (Å²) in [4.78, 5) is 15.0. The van der Waals surface area contributed by atoms with E-state index >= 15 is 0 Å². The maximum atomic E-state index is 12.2. The molecule has 6 nitrogen and oxygen atoms in total. The van der Waals surface area contributed by atoms with Gasteiger partial charge in [-0.05, 0) is 36.8 Å². The van der Waals surface area contributed by atoms with Gasteiger partial charge in [0, 0.05) is 23.8 Å². The van der Waals surface area contributed by atoms with Crippen LogP contribution in [0.15, 0.2) is 41.4 Å². The minimum absolute atomic E-state index is 0.113. The zero-order chi connectivity index (χ0) is 16.3. The van der Waals surface area contributed by atoms with E-state index in [4.69, 9.17) is 11.6 Å². The van der Waals surface area contributed by atoms with Crippen LogP contribution in [0.2, 0.25) is 5.02 Å². The van der Waals surface area contributed by atoms with E-state index in [1.54, 1.807) is 25.1 Å². The molecule has 1 aromatic heterocycles. The van der Waals surface area contributed by atoms with E-state index in [0.29, 0.717) is 10.7 Å². The van der Waals surface area contributed by atoms with Crippen molar-refractivity contribution in [2.45, 2.75) is 18.7 Å². The third-order valence-electron chi connectivity index (χ3n) is 2.86. The third kappa shape index (κ3) is 3.55. The number of carbonyl (C=O) groups is 1. The minimum Gasteiger partial charge on any atom is -0.339 e. The van der Waals surface area contributed by atoms with Gasteiger partial charge in [0.1, 0.15) is 4.90 Å². The maximum Gasteiger partial charge on any atom is 0.267 e. The summed E-state index contributed by atoms with van der Waals surface area (Å²) in [7, 11) is -3.99. The summed E-state index contributed by atoms with van der Waals surface area (Å²) in [5.74, 6) is -0.560. The number of hydrogen-bond donors (Lipinski definition) is 2. The fourth-order valence-electron chi connectivity index (χ4n) is 1.82. The molecule has 0 unspecified atom stereocenters. The van der Waals surface area contributed by atoms with Crippen LogP contribution < -0.4 is 10.0 Å². The van der Waals surface area contributed by atoms with Crippen molar-refractivity contribution in [2.75, 3.05) is 5.32 Å². The van der Waals surface area contributed by atoms with Crippen LogP contribution in [0.4, 0.5) is 11.5 Å². The van der Waals surface area contributed by atoms with Crippen molar-refractivity contribution < 1.29 is 13.2 Å². The van der Waals surface area contributed by atoms with E-state index in [1.807, 2.05) is 4.72 Å². The number of carbonyl (C=O) groups excluding carboxylic acids is 1. The van der Waals surface area contributed by atoms with Crippen molar-refractivity contribution >= 4 is 39.0 Å². The van der Waals surface area contributed by atoms with Crippen molar-refractivity contribution in [2.24, 2.45) is 0 Å². The highest BCUT2D eigenvalue weighted by molar-refractivity contribution is 7.90. The van der Waals surface area contributed by atoms with Crippen LogP contribution in [-0.4, -0.2) is 19.3 Å². The average Bonchev–Trinajstić information content (AvgIpc) is 2.43. The van der Waals surface area contributed by atoms with Crippen LogP contribution in [0, 0.1) is 6.92 Å². The van der Waals surface area contributed by atoms with Crippen LogP contribution in [-0.2, 0) is 14.8 Å². The lowest BCUT2D eigenvalue weighted by Gasteiger charge is -2.13. The summed E-state index contributed by atoms with van der Waals surface area (Å²) < 4.78 is 26.2. The normalized spacial score (nSPS) is 11.0. The number of sulfonamides is 1. The van der Waals surface area contributed by atoms with Gasteiger partial charge in [0.25, 0.3) is 10.0 Å². The fourth-order valence-corrected chi connectivity index (χ4v) is 3.09. The van der Waals surface area contributed by atoms with Gasteiger partial charge in [0.05, 0.1) is 0 Å². The largest absolute Gasteiger partial charge is 0.339 e. The lowest BCUT2D eigenvalue weighted by molar-refractivity contribution is -0.117. The maximum absolute atomic E-state index is 12.2. The highest BCUT2D eigenvalue weighted by atomic mass is 35.5. The van der Waals surface area contributed by atoms with Crippen LogP contribution in [0.3, 0.4) is 0 Å². The van der Waals surface area contributed by atoms with Crippen molar-refractivity contribution in [3.05, 3.63) is 47.1 Å². The Morgan fingerprint density at radius 2 is 1.95 bits per heavy atom. The summed E-state index contributed by atoms with van der Waals surface area (Å²) in [5, 5.41) is 3.48. The van der Waals surface area contributed by atoms with Crippen molar-refractivity contribution in [1.82, 2.24) is 9.71 Å². The first-order valence-electron chi connectivity index (χ1n) is 6.32. The molecule has 0 fully saturated rings. The number of rotatable bonds is 4. The fraction of sp³-hybridized carbons (Fsp3) is 0.143. The molecule has 0 spiro atoms. The molecule has 8 heteroatoms. The third-order valence-corrected chi connectivity index (χ3v) is 4.73. The second-order valence-corrected chi connectivity index (χ2v) is 6.61. The Kier molecular flexibility index (Phi) is 4.68. The van der Waals surface area contributed by atoms with Gasteiger partial charge in [-0.2, -0.15) is 0 Å². The van der Waals surface area contributed by atoms with Gasteiger partial charge in [0.15, 0.2) is 5.82 Å². The molecular formula is C14H14ClN3O3S. The van der Waals surface area contributed by atoms with Crippen molar-refractivity contribution in [3.63, 3.8) is 0 Å². The SMILES string of the molecule is CC(=O)NS(=O)(=O)c1cccnc1Nc1cccc(Cl)c1C. The predicted molar refractivity (Wildman–Crippen MR) is 84.7 cm³/mol. The quantitative estimate of drug-likeness (QED) is 0.893. The molecule has 1 heterocycles. The summed E-state index contributed by atoms with van der Waals surface area (Å²) in [6.45, 7) is 2.93. The van der Waals surface area contributed by atoms with E-state index in [2.05, 4.69) is 10.3 Å². The minimum atomic E-state index is -3.99. The Morgan fingerprint density at radius 1 is 1.23 bits per heavy atom. The number of benzene rings is 1. The van der Waals surface area contributed by atoms with E-state index in [0.717, 1.165) is 12.5 Å². The van der Waals surface area contributed by atoms with Gasteiger partial charge >= 0.3 is 0 Å². The zero-order valence-electron chi connectivity index (χ0n) is 11.9. The molecule has 2 N–H and O–H groups in total. The molecule has 1 aromatic carbocycles. The summed E-state index contributed by atoms with van der Waals surface area (Å²) in [6.07, 6.45) is 1.45. The van der Waals surface area contributed by atoms with Crippen molar-refractivity contribution in [3.8, 4) is 0 Å². The second-order valence-electron chi connectivity index (χ2n) is 4.55. The number of hydrogen-bond acceptors (Lipinski definition) is 5. The van der Waals surface area contributed by atoms with Gasteiger partial charge in [-0.3, -0.25) is 4.79 Å². The number of amides is 1. The number of pyridine rings is 1. The Morgan fingerprint density at radius 3 is 2.64 bits per heavy atom. The lowest BCUT2D eigenvalue weighted by atomic mass is 10.2. The van der Waals surface area contributed by atoms with Crippen LogP contribution >= 0.6 is 11.6 Å². The van der Waals surface area contributed by atoms with Crippen LogP contribution in [0.1, 0.15) is 12.5 Å². The van der Waals surface area contributed by atoms with E-state index < -0.39 is 15.9 Å². The number of halogens is 1. The molecule has 0 aliphatic heterocycles. The highest BCUT2D eigenvalue weighted by Crippen LogP contribution is 2.28. The summed E-state index contributed by atoms with van der Waals surface area (Å²) >= 11 is 6.04. The molecule has 0 radical (unpaired) electrons. The molecule has 0 saturated heterocycles. The molecule has 2 aromatic rings. The number of nitrogens with zero attached hydrogens (tertiary/aromatic N) is 1. The van der Waals surface area contributed by atoms with Gasteiger partial charge in [-0.1, -0.05) is 17.7 Å². The lowest BCUT2D eigenvalue weighted by Crippen LogP contribution is -2.28. The molecule has 0 atom stereocenters. The van der Waals surface area contributed by atoms with E-state index in [1.165, 1.54) is 18.3 Å². The average molecular weight is 340 g/mol.